The summed E-state index contributed by atoms with van der Waals surface area (Å²) >= 11 is 2.86. The van der Waals surface area contributed by atoms with Crippen molar-refractivity contribution in [2.24, 2.45) is 5.92 Å². The van der Waals surface area contributed by atoms with Crippen LogP contribution in [0.15, 0.2) is 42.5 Å². The average Bonchev–Trinajstić information content (AvgIpc) is 3.78. The predicted molar refractivity (Wildman–Crippen MR) is 242 cm³/mol. The third-order valence-electron chi connectivity index (χ3n) is 12.0. The first kappa shape index (κ1) is 56.8. The van der Waals surface area contributed by atoms with E-state index in [1.54, 1.807) is 5.32 Å². The number of fused-ring (bicyclic) bond motifs is 4. The van der Waals surface area contributed by atoms with Gasteiger partial charge in [-0.15, -0.1) is 0 Å². The lowest BCUT2D eigenvalue weighted by atomic mass is 9.93. The standard InChI is InChI=1S/C43H38ClF10N8O10PS2/c1-40(2,75(3,71)72)9-8-23-4-5-24(25-6-7-28(44)33-30(58-61(35(25)33)19-41(47,48)49)17-62(74(69)70)39(65)38(64)55-10-11-73(66,67)68)34(56-23)29(14-20-12-21(45)15-22(46)13-20)57-31(63)18-60-37-32(36(59-60)43(52,53)54)26-16-27(26)42(37,50)51/h4-7,12-13,15,26-27,29H,10-11,14,16-19H2,1-3H3,(H,55,64)(H,57,63)(H,69,70)(H2,66,67,68)/p-1/t26-,27+,29?/m0/s1. The number of aromatic nitrogens is 5. The van der Waals surface area contributed by atoms with Crippen LogP contribution in [0.5, 0.6) is 0 Å². The Kier molecular flexibility index (Phi) is 15.3. The van der Waals surface area contributed by atoms with Gasteiger partial charge in [0, 0.05) is 46.9 Å². The second kappa shape index (κ2) is 20.2. The summed E-state index contributed by atoms with van der Waals surface area (Å²) in [6.45, 7) is -3.06. The van der Waals surface area contributed by atoms with Gasteiger partial charge in [0.05, 0.1) is 51.9 Å². The van der Waals surface area contributed by atoms with Crippen LogP contribution < -0.4 is 10.6 Å². The topological polar surface area (TPSA) is 259 Å². The number of halogens is 11. The summed E-state index contributed by atoms with van der Waals surface area (Å²) in [5.74, 6) is -8.91. The summed E-state index contributed by atoms with van der Waals surface area (Å²) in [6.07, 6.45) is -11.6. The summed E-state index contributed by atoms with van der Waals surface area (Å²) in [5.41, 5.74) is -6.83. The molecule has 1 fully saturated rings. The fourth-order valence-corrected chi connectivity index (χ4v) is 9.64. The molecular formula is C43H37ClF10N8O10PS2-. The van der Waals surface area contributed by atoms with Gasteiger partial charge < -0.3 is 25.0 Å². The van der Waals surface area contributed by atoms with Crippen LogP contribution in [0.2, 0.25) is 5.02 Å². The monoisotopic (exact) mass is 1150 g/mol. The molecule has 5 aromatic rings. The predicted octanol–water partition coefficient (Wildman–Crippen LogP) is 5.71. The molecule has 0 radical (unpaired) electrons. The van der Waals surface area contributed by atoms with E-state index < -0.39 is 182 Å². The van der Waals surface area contributed by atoms with Gasteiger partial charge in [-0.05, 0) is 74.4 Å². The Morgan fingerprint density at radius 2 is 1.67 bits per heavy atom. The zero-order chi connectivity index (χ0) is 55.7. The largest absolute Gasteiger partial charge is 0.755 e. The maximum Gasteiger partial charge on any atom is 0.435 e. The Morgan fingerprint density at radius 3 is 2.25 bits per heavy atom. The Bertz CT molecular complexity index is 3410. The van der Waals surface area contributed by atoms with Crippen molar-refractivity contribution in [3.05, 3.63) is 98.7 Å². The fourth-order valence-electron chi connectivity index (χ4n) is 8.29. The van der Waals surface area contributed by atoms with Crippen LogP contribution in [0, 0.1) is 29.4 Å². The Morgan fingerprint density at radius 1 is 1.03 bits per heavy atom. The maximum absolute atomic E-state index is 15.6. The molecule has 404 valence electrons. The van der Waals surface area contributed by atoms with Crippen molar-refractivity contribution in [2.45, 2.75) is 81.3 Å². The zero-order valence-corrected chi connectivity index (χ0v) is 41.8. The van der Waals surface area contributed by atoms with Crippen molar-refractivity contribution >= 4 is 68.9 Å². The molecule has 75 heavy (non-hydrogen) atoms. The molecule has 0 bridgehead atoms. The molecule has 2 aliphatic carbocycles. The second-order valence-electron chi connectivity index (χ2n) is 17.8. The highest BCUT2D eigenvalue weighted by atomic mass is 35.5. The minimum atomic E-state index is -5.25. The highest BCUT2D eigenvalue weighted by Crippen LogP contribution is 2.68. The van der Waals surface area contributed by atoms with E-state index in [0.29, 0.717) is 6.07 Å². The number of carbonyl (C=O) groups is 3. The van der Waals surface area contributed by atoms with Crippen molar-refractivity contribution in [3.63, 3.8) is 0 Å². The fraction of sp³-hybridized carbons (Fsp3) is 0.395. The molecule has 0 saturated heterocycles. The molecule has 32 heteroatoms. The van der Waals surface area contributed by atoms with Crippen molar-refractivity contribution in [3.8, 4) is 23.0 Å². The number of benzene rings is 2. The molecule has 18 nitrogen and oxygen atoms in total. The van der Waals surface area contributed by atoms with E-state index >= 15 is 8.78 Å². The first-order valence-electron chi connectivity index (χ1n) is 21.5. The van der Waals surface area contributed by atoms with E-state index in [0.717, 1.165) is 42.7 Å². The van der Waals surface area contributed by atoms with E-state index in [2.05, 4.69) is 32.3 Å². The highest BCUT2D eigenvalue weighted by molar-refractivity contribution is 7.92. The lowest BCUT2D eigenvalue weighted by Gasteiger charge is -2.23. The van der Waals surface area contributed by atoms with Crippen LogP contribution in [-0.2, 0) is 78.2 Å². The van der Waals surface area contributed by atoms with Crippen LogP contribution in [0.1, 0.15) is 71.8 Å². The number of hydrogen-bond acceptors (Lipinski definition) is 11. The van der Waals surface area contributed by atoms with Gasteiger partial charge in [-0.25, -0.2) is 22.2 Å². The van der Waals surface area contributed by atoms with Gasteiger partial charge in [-0.2, -0.15) is 45.3 Å². The number of amides is 3. The third kappa shape index (κ3) is 12.3. The summed E-state index contributed by atoms with van der Waals surface area (Å²) in [7, 11) is -8.68. The normalized spacial score (nSPS) is 17.1. The minimum absolute atomic E-state index is 0.164. The van der Waals surface area contributed by atoms with Crippen LogP contribution in [-0.4, -0.2) is 103 Å². The van der Waals surface area contributed by atoms with Crippen LogP contribution in [0.3, 0.4) is 0 Å². The van der Waals surface area contributed by atoms with Gasteiger partial charge in [-0.3, -0.25) is 36.8 Å². The zero-order valence-electron chi connectivity index (χ0n) is 38.5. The number of hydrogen-bond donors (Lipinski definition) is 4. The molecule has 4 atom stereocenters. The second-order valence-corrected chi connectivity index (χ2v) is 23.5. The molecule has 3 aromatic heterocycles. The molecule has 1 saturated carbocycles. The SMILES string of the molecule is CC(C)(C#Cc1ccc(-c2ccc(Cl)c3c(CN(C(=O)C(=O)NCCP(=O)(O)O)S(=O)[O-])nn(CC(F)(F)F)c23)c(C(Cc2cc(F)cc(F)c2)NC(=O)Cn2nc(C(F)(F)F)c3c2C(F)(F)[C@@H]2C[C@H]32)n1)S(C)(=O)=O. The lowest BCUT2D eigenvalue weighted by Crippen LogP contribution is -2.44. The molecule has 0 aliphatic heterocycles. The molecule has 3 heterocycles. The molecule has 0 spiro atoms. The number of alkyl halides is 8. The van der Waals surface area contributed by atoms with E-state index in [1.165, 1.54) is 13.8 Å². The number of rotatable bonds is 15. The Hall–Kier alpha value is -5.96. The quantitative estimate of drug-likeness (QED) is 0.0323. The summed E-state index contributed by atoms with van der Waals surface area (Å²) in [5, 5.41) is 10.5. The lowest BCUT2D eigenvalue weighted by molar-refractivity contribution is -0.143. The number of carbonyl (C=O) groups excluding carboxylic acids is 3. The molecule has 3 amide bonds. The maximum atomic E-state index is 15.6. The number of pyridine rings is 1. The number of nitrogens with one attached hydrogen (secondary N) is 2. The molecular weight excluding hydrogens is 1110 g/mol. The van der Waals surface area contributed by atoms with Gasteiger partial charge >= 0.3 is 31.8 Å². The average molecular weight is 1150 g/mol. The van der Waals surface area contributed by atoms with E-state index in [4.69, 9.17) is 21.4 Å². The van der Waals surface area contributed by atoms with Gasteiger partial charge in [0.25, 0.3) is 5.92 Å². The molecule has 2 aliphatic rings. The van der Waals surface area contributed by atoms with E-state index in [9.17, 15) is 71.3 Å². The van der Waals surface area contributed by atoms with Gasteiger partial charge in [-0.1, -0.05) is 23.6 Å². The van der Waals surface area contributed by atoms with Crippen LogP contribution in [0.4, 0.5) is 43.9 Å². The molecule has 2 aromatic carbocycles. The van der Waals surface area contributed by atoms with Crippen molar-refractivity contribution in [1.82, 2.24) is 39.5 Å². The minimum Gasteiger partial charge on any atom is -0.755 e. The van der Waals surface area contributed by atoms with Crippen molar-refractivity contribution in [1.29, 1.82) is 0 Å². The Balaban J connectivity index is 1.43. The Labute approximate surface area is 424 Å². The first-order chi connectivity index (χ1) is 34.5. The van der Waals surface area contributed by atoms with E-state index in [-0.39, 0.29) is 42.5 Å². The molecule has 7 rings (SSSR count). The van der Waals surface area contributed by atoms with Crippen LogP contribution in [0.25, 0.3) is 22.0 Å². The van der Waals surface area contributed by atoms with Crippen molar-refractivity contribution in [2.75, 3.05) is 19.0 Å². The summed E-state index contributed by atoms with van der Waals surface area (Å²) in [6, 6.07) is 4.53. The number of nitrogens with zero attached hydrogens (tertiary/aromatic N) is 6. The van der Waals surface area contributed by atoms with Gasteiger partial charge in [0.15, 0.2) is 15.5 Å². The van der Waals surface area contributed by atoms with Crippen molar-refractivity contribution < 1.29 is 89.8 Å². The number of sulfone groups is 1. The molecule has 2 unspecified atom stereocenters. The first-order valence-corrected chi connectivity index (χ1v) is 26.6. The third-order valence-corrected chi connectivity index (χ3v) is 15.7. The van der Waals surface area contributed by atoms with Gasteiger partial charge in [0.2, 0.25) is 5.91 Å². The molecule has 4 N–H and O–H groups in total. The van der Waals surface area contributed by atoms with Gasteiger partial charge in [0.1, 0.15) is 40.9 Å². The van der Waals surface area contributed by atoms with E-state index in [1.807, 2.05) is 0 Å². The van der Waals surface area contributed by atoms with Crippen LogP contribution >= 0.6 is 19.2 Å². The summed E-state index contributed by atoms with van der Waals surface area (Å²) in [4.78, 5) is 62.6. The summed E-state index contributed by atoms with van der Waals surface area (Å²) < 4.78 is 206. The smallest absolute Gasteiger partial charge is 0.435 e. The highest BCUT2D eigenvalue weighted by Gasteiger charge is 2.68.